The normalized spacial score (nSPS) is 30.6. The minimum absolute atomic E-state index is 0.888. The first-order chi connectivity index (χ1) is 6.75. The summed E-state index contributed by atoms with van der Waals surface area (Å²) < 4.78 is 0. The standard InChI is InChI=1S/C13H25N/c1-11(2)13-7-4-8-14(10-13)9-12-5-3-6-12/h11-13H,3-10H2,1-2H3. The SMILES string of the molecule is CC(C)C1CCCN(CC2CCC2)C1. The van der Waals surface area contributed by atoms with Gasteiger partial charge in [-0.25, -0.2) is 0 Å². The Morgan fingerprint density at radius 2 is 1.93 bits per heavy atom. The minimum Gasteiger partial charge on any atom is -0.303 e. The predicted molar refractivity (Wildman–Crippen MR) is 61.3 cm³/mol. The number of nitrogens with zero attached hydrogens (tertiary/aromatic N) is 1. The fourth-order valence-electron chi connectivity index (χ4n) is 2.84. The van der Waals surface area contributed by atoms with Gasteiger partial charge in [-0.3, -0.25) is 0 Å². The second kappa shape index (κ2) is 4.65. The van der Waals surface area contributed by atoms with E-state index in [2.05, 4.69) is 18.7 Å². The highest BCUT2D eigenvalue weighted by Crippen LogP contribution is 2.30. The first kappa shape index (κ1) is 10.5. The number of likely N-dealkylation sites (tertiary alicyclic amines) is 1. The van der Waals surface area contributed by atoms with Gasteiger partial charge in [0.1, 0.15) is 0 Å². The summed E-state index contributed by atoms with van der Waals surface area (Å²) in [7, 11) is 0. The number of rotatable bonds is 3. The van der Waals surface area contributed by atoms with Gasteiger partial charge in [0.15, 0.2) is 0 Å². The Morgan fingerprint density at radius 3 is 2.50 bits per heavy atom. The number of piperidine rings is 1. The summed E-state index contributed by atoms with van der Waals surface area (Å²) >= 11 is 0. The molecule has 1 saturated heterocycles. The fourth-order valence-corrected chi connectivity index (χ4v) is 2.84. The summed E-state index contributed by atoms with van der Waals surface area (Å²) in [5.74, 6) is 2.92. The molecular formula is C13H25N. The second-order valence-electron chi connectivity index (χ2n) is 5.70. The third-order valence-electron chi connectivity index (χ3n) is 4.23. The molecule has 1 nitrogen and oxygen atoms in total. The van der Waals surface area contributed by atoms with Crippen LogP contribution in [0.5, 0.6) is 0 Å². The van der Waals surface area contributed by atoms with Gasteiger partial charge >= 0.3 is 0 Å². The van der Waals surface area contributed by atoms with Gasteiger partial charge in [0, 0.05) is 13.1 Å². The van der Waals surface area contributed by atoms with E-state index in [1.807, 2.05) is 0 Å². The average Bonchev–Trinajstić information content (AvgIpc) is 2.12. The van der Waals surface area contributed by atoms with E-state index in [-0.39, 0.29) is 0 Å². The molecule has 1 heterocycles. The maximum absolute atomic E-state index is 2.73. The molecule has 1 aliphatic heterocycles. The molecule has 0 amide bonds. The smallest absolute Gasteiger partial charge is 0.00122 e. The fraction of sp³-hybridized carbons (Fsp3) is 1.00. The van der Waals surface area contributed by atoms with E-state index in [0.29, 0.717) is 0 Å². The molecular weight excluding hydrogens is 170 g/mol. The summed E-state index contributed by atoms with van der Waals surface area (Å²) in [6.45, 7) is 8.94. The van der Waals surface area contributed by atoms with Crippen LogP contribution in [-0.2, 0) is 0 Å². The van der Waals surface area contributed by atoms with Gasteiger partial charge in [0.2, 0.25) is 0 Å². The Morgan fingerprint density at radius 1 is 1.14 bits per heavy atom. The maximum atomic E-state index is 2.73. The summed E-state index contributed by atoms with van der Waals surface area (Å²) in [6.07, 6.45) is 7.41. The molecule has 14 heavy (non-hydrogen) atoms. The third-order valence-corrected chi connectivity index (χ3v) is 4.23. The molecule has 0 aromatic heterocycles. The molecule has 0 radical (unpaired) electrons. The Bertz CT molecular complexity index is 172. The summed E-state index contributed by atoms with van der Waals surface area (Å²) in [6, 6.07) is 0. The Kier molecular flexibility index (Phi) is 3.48. The Labute approximate surface area is 88.9 Å². The lowest BCUT2D eigenvalue weighted by Gasteiger charge is -2.38. The average molecular weight is 195 g/mol. The zero-order valence-corrected chi connectivity index (χ0v) is 9.84. The van der Waals surface area contributed by atoms with Crippen LogP contribution in [0.25, 0.3) is 0 Å². The predicted octanol–water partition coefficient (Wildman–Crippen LogP) is 3.15. The Hall–Kier alpha value is -0.0400. The highest BCUT2D eigenvalue weighted by Gasteiger charge is 2.26. The number of hydrogen-bond donors (Lipinski definition) is 0. The summed E-state index contributed by atoms with van der Waals surface area (Å²) in [5.41, 5.74) is 0. The van der Waals surface area contributed by atoms with Gasteiger partial charge in [-0.05, 0) is 50.0 Å². The largest absolute Gasteiger partial charge is 0.303 e. The van der Waals surface area contributed by atoms with Gasteiger partial charge in [0.05, 0.1) is 0 Å². The van der Waals surface area contributed by atoms with Gasteiger partial charge in [0.25, 0.3) is 0 Å². The molecule has 0 N–H and O–H groups in total. The van der Waals surface area contributed by atoms with Crippen LogP contribution in [0.15, 0.2) is 0 Å². The lowest BCUT2D eigenvalue weighted by atomic mass is 9.83. The van der Waals surface area contributed by atoms with E-state index in [0.717, 1.165) is 17.8 Å². The Balaban J connectivity index is 1.75. The van der Waals surface area contributed by atoms with Crippen molar-refractivity contribution in [2.45, 2.75) is 46.0 Å². The van der Waals surface area contributed by atoms with Crippen LogP contribution < -0.4 is 0 Å². The zero-order chi connectivity index (χ0) is 9.97. The zero-order valence-electron chi connectivity index (χ0n) is 9.84. The van der Waals surface area contributed by atoms with E-state index < -0.39 is 0 Å². The molecule has 2 rings (SSSR count). The third kappa shape index (κ3) is 2.50. The highest BCUT2D eigenvalue weighted by atomic mass is 15.1. The quantitative estimate of drug-likeness (QED) is 0.668. The molecule has 1 unspecified atom stereocenters. The van der Waals surface area contributed by atoms with Crippen molar-refractivity contribution in [2.75, 3.05) is 19.6 Å². The van der Waals surface area contributed by atoms with E-state index in [9.17, 15) is 0 Å². The molecule has 0 aromatic rings. The highest BCUT2D eigenvalue weighted by molar-refractivity contribution is 4.79. The van der Waals surface area contributed by atoms with Crippen molar-refractivity contribution in [1.82, 2.24) is 4.90 Å². The molecule has 1 heteroatoms. The molecule has 1 atom stereocenters. The van der Waals surface area contributed by atoms with Crippen molar-refractivity contribution >= 4 is 0 Å². The lowest BCUT2D eigenvalue weighted by molar-refractivity contribution is 0.106. The number of hydrogen-bond acceptors (Lipinski definition) is 1. The van der Waals surface area contributed by atoms with Crippen LogP contribution in [-0.4, -0.2) is 24.5 Å². The molecule has 2 aliphatic rings. The van der Waals surface area contributed by atoms with Gasteiger partial charge in [-0.15, -0.1) is 0 Å². The molecule has 2 fully saturated rings. The van der Waals surface area contributed by atoms with Gasteiger partial charge < -0.3 is 4.90 Å². The van der Waals surface area contributed by atoms with Crippen LogP contribution in [0, 0.1) is 17.8 Å². The van der Waals surface area contributed by atoms with Crippen LogP contribution in [0.3, 0.4) is 0 Å². The second-order valence-corrected chi connectivity index (χ2v) is 5.70. The molecule has 82 valence electrons. The van der Waals surface area contributed by atoms with E-state index in [4.69, 9.17) is 0 Å². The van der Waals surface area contributed by atoms with Crippen molar-refractivity contribution in [2.24, 2.45) is 17.8 Å². The molecule has 0 spiro atoms. The first-order valence-electron chi connectivity index (χ1n) is 6.48. The van der Waals surface area contributed by atoms with Gasteiger partial charge in [-0.2, -0.15) is 0 Å². The van der Waals surface area contributed by atoms with Crippen LogP contribution in [0.4, 0.5) is 0 Å². The van der Waals surface area contributed by atoms with Crippen molar-refractivity contribution in [3.8, 4) is 0 Å². The van der Waals surface area contributed by atoms with Crippen LogP contribution >= 0.6 is 0 Å². The topological polar surface area (TPSA) is 3.24 Å². The monoisotopic (exact) mass is 195 g/mol. The molecule has 1 saturated carbocycles. The first-order valence-corrected chi connectivity index (χ1v) is 6.48. The van der Waals surface area contributed by atoms with Crippen LogP contribution in [0.1, 0.15) is 46.0 Å². The summed E-state index contributed by atoms with van der Waals surface area (Å²) in [5, 5.41) is 0. The minimum atomic E-state index is 0.888. The van der Waals surface area contributed by atoms with Crippen molar-refractivity contribution < 1.29 is 0 Å². The summed E-state index contributed by atoms with van der Waals surface area (Å²) in [4.78, 5) is 2.73. The van der Waals surface area contributed by atoms with Crippen molar-refractivity contribution in [3.63, 3.8) is 0 Å². The molecule has 1 aliphatic carbocycles. The van der Waals surface area contributed by atoms with E-state index in [1.165, 1.54) is 51.7 Å². The van der Waals surface area contributed by atoms with E-state index in [1.54, 1.807) is 0 Å². The van der Waals surface area contributed by atoms with Crippen molar-refractivity contribution in [1.29, 1.82) is 0 Å². The van der Waals surface area contributed by atoms with Crippen LogP contribution in [0.2, 0.25) is 0 Å². The van der Waals surface area contributed by atoms with Gasteiger partial charge in [-0.1, -0.05) is 20.3 Å². The maximum Gasteiger partial charge on any atom is 0.00122 e. The lowest BCUT2D eigenvalue weighted by Crippen LogP contribution is -2.41. The molecule has 0 bridgehead atoms. The van der Waals surface area contributed by atoms with Crippen molar-refractivity contribution in [3.05, 3.63) is 0 Å². The van der Waals surface area contributed by atoms with E-state index >= 15 is 0 Å². The molecule has 0 aromatic carbocycles.